The zero-order chi connectivity index (χ0) is 22.7. The molecule has 0 bridgehead atoms. The van der Waals surface area contributed by atoms with Gasteiger partial charge in [-0.25, -0.2) is 4.79 Å². The van der Waals surface area contributed by atoms with Crippen molar-refractivity contribution in [3.8, 4) is 5.75 Å². The van der Waals surface area contributed by atoms with E-state index in [4.69, 9.17) is 21.3 Å². The van der Waals surface area contributed by atoms with Gasteiger partial charge in [0.25, 0.3) is 0 Å². The predicted molar refractivity (Wildman–Crippen MR) is 126 cm³/mol. The van der Waals surface area contributed by atoms with E-state index < -0.39 is 0 Å². The van der Waals surface area contributed by atoms with Gasteiger partial charge in [0.05, 0.1) is 12.7 Å². The molecule has 3 aromatic carbocycles. The largest absolute Gasteiger partial charge is 0.508 e. The number of benzene rings is 3. The Kier molecular flexibility index (Phi) is 6.58. The second-order valence-electron chi connectivity index (χ2n) is 7.77. The van der Waals surface area contributed by atoms with Crippen molar-refractivity contribution in [2.75, 3.05) is 7.11 Å². The summed E-state index contributed by atoms with van der Waals surface area (Å²) in [5.74, 6) is -0.190. The van der Waals surface area contributed by atoms with E-state index in [0.29, 0.717) is 17.0 Å². The van der Waals surface area contributed by atoms with Crippen molar-refractivity contribution in [1.29, 1.82) is 0 Å². The molecule has 0 aromatic heterocycles. The number of aryl methyl sites for hydroxylation is 1. The van der Waals surface area contributed by atoms with Gasteiger partial charge in [-0.15, -0.1) is 0 Å². The van der Waals surface area contributed by atoms with Crippen LogP contribution in [0.1, 0.15) is 58.2 Å². The van der Waals surface area contributed by atoms with Crippen LogP contribution >= 0.6 is 11.6 Å². The zero-order valence-electron chi connectivity index (χ0n) is 18.0. The number of phenols is 1. The molecular formula is C26H25ClN2O3. The summed E-state index contributed by atoms with van der Waals surface area (Å²) in [5.41, 5.74) is 5.37. The number of aliphatic imine (C=N–C) groups is 1. The Morgan fingerprint density at radius 3 is 2.50 bits per heavy atom. The number of nitrogens with zero attached hydrogens (tertiary/aromatic N) is 1. The maximum atomic E-state index is 11.8. The van der Waals surface area contributed by atoms with Crippen molar-refractivity contribution in [3.63, 3.8) is 0 Å². The van der Waals surface area contributed by atoms with Crippen LogP contribution in [0.4, 0.5) is 0 Å². The lowest BCUT2D eigenvalue weighted by Crippen LogP contribution is -2.33. The van der Waals surface area contributed by atoms with Gasteiger partial charge in [-0.1, -0.05) is 54.9 Å². The molecule has 5 nitrogen and oxygen atoms in total. The maximum absolute atomic E-state index is 11.8. The van der Waals surface area contributed by atoms with Gasteiger partial charge in [0.1, 0.15) is 11.9 Å². The number of carbonyl (C=O) groups excluding carboxylic acids is 1. The minimum atomic E-state index is -0.380. The molecule has 3 aromatic rings. The fourth-order valence-corrected chi connectivity index (χ4v) is 4.09. The SMILES string of the molecule is CCc1ccc(C2=N[C@@H](c3ccc(C(=O)OC)cc3)N[C@@H](c3cc(Cl)ccc3O)C2)cc1. The monoisotopic (exact) mass is 448 g/mol. The van der Waals surface area contributed by atoms with Gasteiger partial charge >= 0.3 is 5.97 Å². The Labute approximate surface area is 192 Å². The van der Waals surface area contributed by atoms with Gasteiger partial charge in [0, 0.05) is 28.8 Å². The quantitative estimate of drug-likeness (QED) is 0.497. The summed E-state index contributed by atoms with van der Waals surface area (Å²) in [4.78, 5) is 16.8. The van der Waals surface area contributed by atoms with E-state index in [0.717, 1.165) is 28.8 Å². The third kappa shape index (κ3) is 4.69. The smallest absolute Gasteiger partial charge is 0.337 e. The van der Waals surface area contributed by atoms with Crippen LogP contribution in [-0.4, -0.2) is 23.9 Å². The zero-order valence-corrected chi connectivity index (χ0v) is 18.8. The second kappa shape index (κ2) is 9.55. The first kappa shape index (κ1) is 22.1. The van der Waals surface area contributed by atoms with E-state index in [1.54, 1.807) is 30.3 Å². The number of carbonyl (C=O) groups is 1. The molecule has 1 aliphatic heterocycles. The van der Waals surface area contributed by atoms with Gasteiger partial charge in [0.2, 0.25) is 0 Å². The number of halogens is 1. The van der Waals surface area contributed by atoms with Crippen LogP contribution in [0, 0.1) is 0 Å². The Morgan fingerprint density at radius 2 is 1.84 bits per heavy atom. The van der Waals surface area contributed by atoms with Crippen molar-refractivity contribution < 1.29 is 14.6 Å². The predicted octanol–water partition coefficient (Wildman–Crippen LogP) is 5.62. The molecule has 1 aliphatic rings. The number of aromatic hydroxyl groups is 1. The summed E-state index contributed by atoms with van der Waals surface area (Å²) < 4.78 is 4.79. The molecular weight excluding hydrogens is 424 g/mol. The fraction of sp³-hybridized carbons (Fsp3) is 0.231. The van der Waals surface area contributed by atoms with Crippen LogP contribution in [0.2, 0.25) is 5.02 Å². The molecule has 0 unspecified atom stereocenters. The van der Waals surface area contributed by atoms with Crippen molar-refractivity contribution in [1.82, 2.24) is 5.32 Å². The highest BCUT2D eigenvalue weighted by atomic mass is 35.5. The molecule has 0 saturated heterocycles. The number of phenolic OH excluding ortho intramolecular Hbond substituents is 1. The summed E-state index contributed by atoms with van der Waals surface area (Å²) in [6.07, 6.45) is 1.23. The molecule has 1 heterocycles. The molecule has 0 radical (unpaired) electrons. The molecule has 6 heteroatoms. The molecule has 0 aliphatic carbocycles. The minimum Gasteiger partial charge on any atom is -0.508 e. The first-order chi connectivity index (χ1) is 15.5. The fourth-order valence-electron chi connectivity index (χ4n) is 3.91. The first-order valence-corrected chi connectivity index (χ1v) is 10.9. The van der Waals surface area contributed by atoms with E-state index >= 15 is 0 Å². The van der Waals surface area contributed by atoms with E-state index in [-0.39, 0.29) is 23.9 Å². The Hall–Kier alpha value is -3.15. The van der Waals surface area contributed by atoms with E-state index in [1.165, 1.54) is 12.7 Å². The number of methoxy groups -OCH3 is 1. The van der Waals surface area contributed by atoms with Gasteiger partial charge in [-0.2, -0.15) is 0 Å². The lowest BCUT2D eigenvalue weighted by molar-refractivity contribution is 0.0600. The summed E-state index contributed by atoms with van der Waals surface area (Å²) in [6.45, 7) is 2.13. The number of hydrogen-bond donors (Lipinski definition) is 2. The maximum Gasteiger partial charge on any atom is 0.337 e. The molecule has 164 valence electrons. The Morgan fingerprint density at radius 1 is 1.12 bits per heavy atom. The van der Waals surface area contributed by atoms with Gasteiger partial charge in [-0.05, 0) is 53.4 Å². The minimum absolute atomic E-state index is 0.183. The third-order valence-corrected chi connectivity index (χ3v) is 5.98. The highest BCUT2D eigenvalue weighted by molar-refractivity contribution is 6.30. The molecule has 2 N–H and O–H groups in total. The third-order valence-electron chi connectivity index (χ3n) is 5.75. The molecule has 4 rings (SSSR count). The van der Waals surface area contributed by atoms with Gasteiger partial charge in [-0.3, -0.25) is 10.3 Å². The van der Waals surface area contributed by atoms with E-state index in [1.807, 2.05) is 12.1 Å². The summed E-state index contributed by atoms with van der Waals surface area (Å²) in [6, 6.07) is 20.5. The van der Waals surface area contributed by atoms with Crippen LogP contribution in [0.5, 0.6) is 5.75 Å². The standard InChI is InChI=1S/C26H25ClN2O3/c1-3-16-4-6-17(7-5-16)22-15-23(21-14-20(27)12-13-24(21)30)29-25(28-22)18-8-10-19(11-9-18)26(31)32-2/h4-14,23,25,29-30H,3,15H2,1-2H3/t23-,25-/m1/s1. The Bertz CT molecular complexity index is 1140. The number of ether oxygens (including phenoxy) is 1. The van der Waals surface area contributed by atoms with Crippen LogP contribution < -0.4 is 5.32 Å². The van der Waals surface area contributed by atoms with Crippen molar-refractivity contribution in [3.05, 3.63) is 99.6 Å². The molecule has 32 heavy (non-hydrogen) atoms. The summed E-state index contributed by atoms with van der Waals surface area (Å²) in [5, 5.41) is 14.6. The highest BCUT2D eigenvalue weighted by Crippen LogP contribution is 2.35. The highest BCUT2D eigenvalue weighted by Gasteiger charge is 2.28. The molecule has 0 saturated carbocycles. The molecule has 0 spiro atoms. The number of hydrogen-bond acceptors (Lipinski definition) is 5. The van der Waals surface area contributed by atoms with E-state index in [2.05, 4.69) is 36.5 Å². The van der Waals surface area contributed by atoms with Crippen LogP contribution in [0.25, 0.3) is 0 Å². The number of esters is 1. The first-order valence-electron chi connectivity index (χ1n) is 10.6. The molecule has 0 amide bonds. The lowest BCUT2D eigenvalue weighted by Gasteiger charge is -2.31. The van der Waals surface area contributed by atoms with Crippen LogP contribution in [-0.2, 0) is 11.2 Å². The lowest BCUT2D eigenvalue weighted by atomic mass is 9.93. The molecule has 0 fully saturated rings. The number of nitrogens with one attached hydrogen (secondary N) is 1. The van der Waals surface area contributed by atoms with Gasteiger partial charge in [0.15, 0.2) is 0 Å². The summed E-state index contributed by atoms with van der Waals surface area (Å²) >= 11 is 6.22. The van der Waals surface area contributed by atoms with Crippen molar-refractivity contribution >= 4 is 23.3 Å². The molecule has 2 atom stereocenters. The van der Waals surface area contributed by atoms with Crippen LogP contribution in [0.15, 0.2) is 71.7 Å². The van der Waals surface area contributed by atoms with Crippen molar-refractivity contribution in [2.24, 2.45) is 4.99 Å². The number of rotatable bonds is 5. The van der Waals surface area contributed by atoms with E-state index in [9.17, 15) is 9.90 Å². The van der Waals surface area contributed by atoms with Gasteiger partial charge < -0.3 is 9.84 Å². The average Bonchev–Trinajstić information content (AvgIpc) is 2.85. The van der Waals surface area contributed by atoms with Crippen molar-refractivity contribution in [2.45, 2.75) is 32.0 Å². The average molecular weight is 449 g/mol. The topological polar surface area (TPSA) is 70.9 Å². The summed E-state index contributed by atoms with van der Waals surface area (Å²) in [7, 11) is 1.36. The second-order valence-corrected chi connectivity index (χ2v) is 8.21. The van der Waals surface area contributed by atoms with Crippen LogP contribution in [0.3, 0.4) is 0 Å². The Balaban J connectivity index is 1.72. The normalized spacial score (nSPS) is 18.2.